The van der Waals surface area contributed by atoms with Gasteiger partial charge in [0.05, 0.1) is 0 Å². The van der Waals surface area contributed by atoms with Gasteiger partial charge in [0.25, 0.3) is 5.91 Å². The molecule has 0 bridgehead atoms. The minimum Gasteiger partial charge on any atom is -0.489 e. The Morgan fingerprint density at radius 2 is 1.84 bits per heavy atom. The van der Waals surface area contributed by atoms with Gasteiger partial charge in [-0.1, -0.05) is 30.3 Å². The summed E-state index contributed by atoms with van der Waals surface area (Å²) in [7, 11) is 0. The van der Waals surface area contributed by atoms with Crippen molar-refractivity contribution < 1.29 is 22.7 Å². The van der Waals surface area contributed by atoms with Gasteiger partial charge in [0, 0.05) is 17.0 Å². The van der Waals surface area contributed by atoms with E-state index in [9.17, 15) is 18.0 Å². The van der Waals surface area contributed by atoms with E-state index in [1.54, 1.807) is 18.2 Å². The first-order valence-corrected chi connectivity index (χ1v) is 7.55. The number of carbonyl (C=O) groups excluding carboxylic acids is 1. The molecule has 25 heavy (non-hydrogen) atoms. The summed E-state index contributed by atoms with van der Waals surface area (Å²) >= 11 is 0. The molecule has 1 amide bonds. The predicted octanol–water partition coefficient (Wildman–Crippen LogP) is 4.04. The molecular weight excluding hydrogens is 333 g/mol. The van der Waals surface area contributed by atoms with Crippen LogP contribution in [0.2, 0.25) is 0 Å². The van der Waals surface area contributed by atoms with Crippen LogP contribution < -0.4 is 10.1 Å². The third-order valence-electron chi connectivity index (χ3n) is 3.54. The van der Waals surface area contributed by atoms with Gasteiger partial charge < -0.3 is 15.0 Å². The molecule has 1 heterocycles. The number of alkyl halides is 3. The molecule has 3 aromatic rings. The predicted molar refractivity (Wildman–Crippen MR) is 87.5 cm³/mol. The van der Waals surface area contributed by atoms with Crippen LogP contribution in [0.1, 0.15) is 16.1 Å². The Hall–Kier alpha value is -2.96. The molecule has 3 rings (SSSR count). The largest absolute Gasteiger partial charge is 0.489 e. The lowest BCUT2D eigenvalue weighted by atomic mass is 10.2. The average Bonchev–Trinajstić information content (AvgIpc) is 3.01. The highest BCUT2D eigenvalue weighted by Gasteiger charge is 2.28. The van der Waals surface area contributed by atoms with Gasteiger partial charge in [0.2, 0.25) is 0 Å². The van der Waals surface area contributed by atoms with E-state index in [1.165, 1.54) is 6.07 Å². The number of hydrogen-bond donors (Lipinski definition) is 2. The molecule has 1 aromatic heterocycles. The van der Waals surface area contributed by atoms with Gasteiger partial charge in [-0.25, -0.2) is 0 Å². The lowest BCUT2D eigenvalue weighted by Gasteiger charge is -2.07. The number of aromatic amines is 1. The van der Waals surface area contributed by atoms with Gasteiger partial charge in [-0.3, -0.25) is 4.79 Å². The van der Waals surface area contributed by atoms with Gasteiger partial charge in [0.15, 0.2) is 0 Å². The molecule has 2 aromatic carbocycles. The molecule has 4 nitrogen and oxygen atoms in total. The van der Waals surface area contributed by atoms with Crippen LogP contribution in [0.15, 0.2) is 54.6 Å². The number of carbonyl (C=O) groups is 1. The van der Waals surface area contributed by atoms with E-state index in [-0.39, 0.29) is 5.69 Å². The van der Waals surface area contributed by atoms with E-state index in [1.807, 2.05) is 35.6 Å². The number of nitrogens with one attached hydrogen (secondary N) is 2. The number of halogens is 3. The fourth-order valence-corrected chi connectivity index (χ4v) is 2.33. The molecule has 7 heteroatoms. The number of aromatic nitrogens is 1. The Morgan fingerprint density at radius 1 is 1.08 bits per heavy atom. The first kappa shape index (κ1) is 16.9. The van der Waals surface area contributed by atoms with Crippen molar-refractivity contribution in [1.29, 1.82) is 0 Å². The van der Waals surface area contributed by atoms with Gasteiger partial charge in [-0.15, -0.1) is 0 Å². The van der Waals surface area contributed by atoms with E-state index < -0.39 is 18.6 Å². The summed E-state index contributed by atoms with van der Waals surface area (Å²) < 4.78 is 42.2. The fourth-order valence-electron chi connectivity index (χ4n) is 2.33. The van der Waals surface area contributed by atoms with Crippen LogP contribution in [-0.4, -0.2) is 23.6 Å². The van der Waals surface area contributed by atoms with Crippen molar-refractivity contribution >= 4 is 16.8 Å². The monoisotopic (exact) mass is 348 g/mol. The lowest BCUT2D eigenvalue weighted by Crippen LogP contribution is -2.33. The molecule has 0 saturated carbocycles. The summed E-state index contributed by atoms with van der Waals surface area (Å²) in [5.74, 6) is -0.208. The molecule has 0 aliphatic carbocycles. The second kappa shape index (κ2) is 6.88. The Balaban J connectivity index is 1.69. The maximum Gasteiger partial charge on any atom is 0.405 e. The minimum absolute atomic E-state index is 0.0689. The highest BCUT2D eigenvalue weighted by atomic mass is 19.4. The molecule has 0 aliphatic rings. The number of amides is 1. The Bertz CT molecular complexity index is 873. The van der Waals surface area contributed by atoms with Crippen LogP contribution in [0, 0.1) is 0 Å². The van der Waals surface area contributed by atoms with Crippen LogP contribution >= 0.6 is 0 Å². The van der Waals surface area contributed by atoms with E-state index in [4.69, 9.17) is 4.74 Å². The van der Waals surface area contributed by atoms with E-state index in [0.717, 1.165) is 5.56 Å². The Kier molecular flexibility index (Phi) is 4.65. The standard InChI is InChI=1S/C18H15F3N2O2/c19-18(20,21)11-22-17(24)16-8-13-6-7-14(9-15(13)23-16)25-10-12-4-2-1-3-5-12/h1-9,23H,10-11H2,(H,22,24). The highest BCUT2D eigenvalue weighted by molar-refractivity contribution is 5.98. The van der Waals surface area contributed by atoms with Crippen LogP contribution in [0.3, 0.4) is 0 Å². The quantitative estimate of drug-likeness (QED) is 0.731. The number of ether oxygens (including phenoxy) is 1. The molecule has 0 radical (unpaired) electrons. The van der Waals surface area contributed by atoms with Crippen LogP contribution in [-0.2, 0) is 6.61 Å². The lowest BCUT2D eigenvalue weighted by molar-refractivity contribution is -0.123. The zero-order valence-electron chi connectivity index (χ0n) is 13.1. The summed E-state index contributed by atoms with van der Waals surface area (Å²) in [6, 6.07) is 16.3. The van der Waals surface area contributed by atoms with E-state index in [0.29, 0.717) is 23.3 Å². The van der Waals surface area contributed by atoms with E-state index in [2.05, 4.69) is 4.98 Å². The second-order valence-corrected chi connectivity index (χ2v) is 5.50. The summed E-state index contributed by atoms with van der Waals surface area (Å²) in [5, 5.41) is 2.55. The molecule has 0 fully saturated rings. The first-order valence-electron chi connectivity index (χ1n) is 7.55. The van der Waals surface area contributed by atoms with Crippen molar-refractivity contribution in [2.75, 3.05) is 6.54 Å². The summed E-state index contributed by atoms with van der Waals surface area (Å²) in [4.78, 5) is 14.6. The molecule has 0 atom stereocenters. The Morgan fingerprint density at radius 3 is 2.56 bits per heavy atom. The SMILES string of the molecule is O=C(NCC(F)(F)F)c1cc2ccc(OCc3ccccc3)cc2[nH]1. The molecule has 130 valence electrons. The number of fused-ring (bicyclic) bond motifs is 1. The average molecular weight is 348 g/mol. The smallest absolute Gasteiger partial charge is 0.405 e. The zero-order chi connectivity index (χ0) is 17.9. The van der Waals surface area contributed by atoms with Crippen molar-refractivity contribution in [3.05, 3.63) is 65.9 Å². The topological polar surface area (TPSA) is 54.1 Å². The summed E-state index contributed by atoms with van der Waals surface area (Å²) in [6.07, 6.45) is -4.44. The molecule has 0 aliphatic heterocycles. The van der Waals surface area contributed by atoms with Crippen molar-refractivity contribution in [3.63, 3.8) is 0 Å². The van der Waals surface area contributed by atoms with Crippen molar-refractivity contribution in [3.8, 4) is 5.75 Å². The molecule has 2 N–H and O–H groups in total. The number of hydrogen-bond acceptors (Lipinski definition) is 2. The normalized spacial score (nSPS) is 11.5. The first-order chi connectivity index (χ1) is 11.9. The highest BCUT2D eigenvalue weighted by Crippen LogP contribution is 2.22. The van der Waals surface area contributed by atoms with Gasteiger partial charge >= 0.3 is 6.18 Å². The van der Waals surface area contributed by atoms with Crippen molar-refractivity contribution in [2.45, 2.75) is 12.8 Å². The van der Waals surface area contributed by atoms with Gasteiger partial charge in [-0.2, -0.15) is 13.2 Å². The number of H-pyrrole nitrogens is 1. The molecule has 0 spiro atoms. The second-order valence-electron chi connectivity index (χ2n) is 5.50. The number of rotatable bonds is 5. The fraction of sp³-hybridized carbons (Fsp3) is 0.167. The molecular formula is C18H15F3N2O2. The third-order valence-corrected chi connectivity index (χ3v) is 3.54. The van der Waals surface area contributed by atoms with E-state index >= 15 is 0 Å². The minimum atomic E-state index is -4.44. The van der Waals surface area contributed by atoms with Crippen LogP contribution in [0.4, 0.5) is 13.2 Å². The third kappa shape index (κ3) is 4.53. The Labute approximate surface area is 141 Å². The van der Waals surface area contributed by atoms with Crippen molar-refractivity contribution in [1.82, 2.24) is 10.3 Å². The van der Waals surface area contributed by atoms with Gasteiger partial charge in [-0.05, 0) is 23.8 Å². The maximum absolute atomic E-state index is 12.2. The van der Waals surface area contributed by atoms with Crippen molar-refractivity contribution in [2.24, 2.45) is 0 Å². The number of benzene rings is 2. The maximum atomic E-state index is 12.2. The molecule has 0 saturated heterocycles. The summed E-state index contributed by atoms with van der Waals surface area (Å²) in [6.45, 7) is -0.974. The zero-order valence-corrected chi connectivity index (χ0v) is 13.1. The molecule has 0 unspecified atom stereocenters. The van der Waals surface area contributed by atoms with Crippen LogP contribution in [0.25, 0.3) is 10.9 Å². The van der Waals surface area contributed by atoms with Crippen LogP contribution in [0.5, 0.6) is 5.75 Å². The van der Waals surface area contributed by atoms with Gasteiger partial charge in [0.1, 0.15) is 24.6 Å². The summed E-state index contributed by atoms with van der Waals surface area (Å²) in [5.41, 5.74) is 1.70.